The molecule has 23 heavy (non-hydrogen) atoms. The first-order valence-electron chi connectivity index (χ1n) is 7.70. The molecule has 2 rings (SSSR count). The molecule has 1 fully saturated rings. The van der Waals surface area contributed by atoms with Crippen molar-refractivity contribution in [2.75, 3.05) is 49.9 Å². The average molecular weight is 341 g/mol. The van der Waals surface area contributed by atoms with E-state index in [-0.39, 0.29) is 5.91 Å². The molecule has 0 saturated carbocycles. The minimum Gasteiger partial charge on any atom is -0.398 e. The average Bonchev–Trinajstić information content (AvgIpc) is 2.52. The lowest BCUT2D eigenvalue weighted by Gasteiger charge is -2.37. The number of rotatable bonds is 5. The molecule has 1 aliphatic heterocycles. The van der Waals surface area contributed by atoms with Gasteiger partial charge in [0.05, 0.1) is 0 Å². The van der Waals surface area contributed by atoms with Gasteiger partial charge in [-0.1, -0.05) is 11.6 Å². The van der Waals surface area contributed by atoms with E-state index in [1.165, 1.54) is 11.9 Å². The summed E-state index contributed by atoms with van der Waals surface area (Å²) in [5.41, 5.74) is 14.4. The molecule has 6 N–H and O–H groups in total. The van der Waals surface area contributed by atoms with E-state index in [2.05, 4.69) is 9.80 Å². The Morgan fingerprint density at radius 3 is 2.52 bits per heavy atom. The number of nitrogens with two attached hydrogens (primary N) is 3. The summed E-state index contributed by atoms with van der Waals surface area (Å²) in [6, 6.07) is 3.66. The standard InChI is InChI=1S/C15H25ClN6O/c1-11(23)22(19)7-4-20-2-5-21(6-3-20)15-9-12(16)8-14(18)13(15)10-17/h8-9H,2-7,10,17-19H2,1H3. The summed E-state index contributed by atoms with van der Waals surface area (Å²) in [6.07, 6.45) is 0. The van der Waals surface area contributed by atoms with E-state index in [0.29, 0.717) is 23.8 Å². The van der Waals surface area contributed by atoms with E-state index >= 15 is 0 Å². The Hall–Kier alpha value is -1.54. The number of halogens is 1. The van der Waals surface area contributed by atoms with Crippen molar-refractivity contribution in [2.24, 2.45) is 11.6 Å². The fourth-order valence-electron chi connectivity index (χ4n) is 2.77. The Morgan fingerprint density at radius 1 is 1.30 bits per heavy atom. The lowest BCUT2D eigenvalue weighted by Crippen LogP contribution is -2.50. The van der Waals surface area contributed by atoms with Crippen molar-refractivity contribution < 1.29 is 4.79 Å². The summed E-state index contributed by atoms with van der Waals surface area (Å²) < 4.78 is 0. The second-order valence-corrected chi connectivity index (χ2v) is 6.17. The molecule has 0 radical (unpaired) electrons. The summed E-state index contributed by atoms with van der Waals surface area (Å²) in [5, 5.41) is 1.87. The molecule has 1 heterocycles. The number of hydrogen-bond acceptors (Lipinski definition) is 6. The zero-order valence-electron chi connectivity index (χ0n) is 13.5. The molecule has 1 amide bonds. The highest BCUT2D eigenvalue weighted by atomic mass is 35.5. The second kappa shape index (κ2) is 7.83. The topological polar surface area (TPSA) is 105 Å². The van der Waals surface area contributed by atoms with Gasteiger partial charge in [-0.2, -0.15) is 0 Å². The Labute approximate surface area is 141 Å². The number of hydrazine groups is 1. The second-order valence-electron chi connectivity index (χ2n) is 5.74. The van der Waals surface area contributed by atoms with Crippen LogP contribution in [0.2, 0.25) is 5.02 Å². The first-order chi connectivity index (χ1) is 10.9. The van der Waals surface area contributed by atoms with Crippen LogP contribution in [0.5, 0.6) is 0 Å². The minimum absolute atomic E-state index is 0.120. The maximum Gasteiger partial charge on any atom is 0.233 e. The number of amides is 1. The van der Waals surface area contributed by atoms with Crippen molar-refractivity contribution in [3.63, 3.8) is 0 Å². The summed E-state index contributed by atoms with van der Waals surface area (Å²) >= 11 is 6.13. The zero-order chi connectivity index (χ0) is 17.0. The number of carbonyl (C=O) groups excluding carboxylic acids is 1. The Morgan fingerprint density at radius 2 is 1.96 bits per heavy atom. The van der Waals surface area contributed by atoms with Crippen molar-refractivity contribution in [3.05, 3.63) is 22.7 Å². The third kappa shape index (κ3) is 4.48. The van der Waals surface area contributed by atoms with Crippen LogP contribution in [0.3, 0.4) is 0 Å². The molecular weight excluding hydrogens is 316 g/mol. The number of nitrogens with zero attached hydrogens (tertiary/aromatic N) is 3. The van der Waals surface area contributed by atoms with Crippen molar-refractivity contribution >= 4 is 28.9 Å². The van der Waals surface area contributed by atoms with Crippen molar-refractivity contribution in [1.29, 1.82) is 0 Å². The Balaban J connectivity index is 1.96. The lowest BCUT2D eigenvalue weighted by atomic mass is 10.1. The number of anilines is 2. The summed E-state index contributed by atoms with van der Waals surface area (Å²) in [5.74, 6) is 5.51. The minimum atomic E-state index is -0.120. The smallest absolute Gasteiger partial charge is 0.233 e. The summed E-state index contributed by atoms with van der Waals surface area (Å²) in [4.78, 5) is 15.7. The third-order valence-electron chi connectivity index (χ3n) is 4.20. The normalized spacial score (nSPS) is 15.7. The highest BCUT2D eigenvalue weighted by Crippen LogP contribution is 2.30. The van der Waals surface area contributed by atoms with Crippen LogP contribution in [0.1, 0.15) is 12.5 Å². The van der Waals surface area contributed by atoms with E-state index in [1.807, 2.05) is 6.07 Å². The predicted octanol–water partition coefficient (Wildman–Crippen LogP) is 0.225. The van der Waals surface area contributed by atoms with E-state index in [4.69, 9.17) is 28.9 Å². The summed E-state index contributed by atoms with van der Waals surface area (Å²) in [7, 11) is 0. The molecular formula is C15H25ClN6O. The molecule has 0 unspecified atom stereocenters. The molecule has 1 aromatic rings. The fourth-order valence-corrected chi connectivity index (χ4v) is 2.99. The molecule has 0 spiro atoms. The number of piperazine rings is 1. The number of carbonyl (C=O) groups is 1. The van der Waals surface area contributed by atoms with Crippen LogP contribution in [-0.4, -0.2) is 55.1 Å². The molecule has 8 heteroatoms. The highest BCUT2D eigenvalue weighted by molar-refractivity contribution is 6.31. The van der Waals surface area contributed by atoms with E-state index in [1.54, 1.807) is 6.07 Å². The summed E-state index contributed by atoms with van der Waals surface area (Å²) in [6.45, 7) is 6.66. The van der Waals surface area contributed by atoms with Gasteiger partial charge in [-0.15, -0.1) is 0 Å². The number of nitrogen functional groups attached to an aromatic ring is 1. The molecule has 0 aromatic heterocycles. The highest BCUT2D eigenvalue weighted by Gasteiger charge is 2.20. The van der Waals surface area contributed by atoms with Gasteiger partial charge in [-0.25, -0.2) is 5.84 Å². The lowest BCUT2D eigenvalue weighted by molar-refractivity contribution is -0.129. The molecule has 1 aliphatic rings. The van der Waals surface area contributed by atoms with Crippen LogP contribution in [-0.2, 0) is 11.3 Å². The number of hydrogen-bond donors (Lipinski definition) is 3. The Kier molecular flexibility index (Phi) is 6.06. The first-order valence-corrected chi connectivity index (χ1v) is 8.08. The molecule has 1 saturated heterocycles. The van der Waals surface area contributed by atoms with Crippen molar-refractivity contribution in [1.82, 2.24) is 9.91 Å². The van der Waals surface area contributed by atoms with Gasteiger partial charge in [0.1, 0.15) is 0 Å². The van der Waals surface area contributed by atoms with Gasteiger partial charge < -0.3 is 16.4 Å². The quantitative estimate of drug-likeness (QED) is 0.306. The largest absolute Gasteiger partial charge is 0.398 e. The van der Waals surface area contributed by atoms with Gasteiger partial charge in [-0.3, -0.25) is 14.7 Å². The van der Waals surface area contributed by atoms with Gasteiger partial charge in [0.25, 0.3) is 0 Å². The van der Waals surface area contributed by atoms with Gasteiger partial charge in [0.2, 0.25) is 5.91 Å². The zero-order valence-corrected chi connectivity index (χ0v) is 14.2. The van der Waals surface area contributed by atoms with Crippen LogP contribution in [0, 0.1) is 0 Å². The van der Waals surface area contributed by atoms with Gasteiger partial charge >= 0.3 is 0 Å². The van der Waals surface area contributed by atoms with Crippen molar-refractivity contribution in [3.8, 4) is 0 Å². The van der Waals surface area contributed by atoms with Crippen LogP contribution in [0.25, 0.3) is 0 Å². The van der Waals surface area contributed by atoms with Gasteiger partial charge in [-0.05, 0) is 12.1 Å². The van der Waals surface area contributed by atoms with E-state index in [9.17, 15) is 4.79 Å². The Bertz CT molecular complexity index is 559. The van der Waals surface area contributed by atoms with Crippen LogP contribution in [0.15, 0.2) is 12.1 Å². The van der Waals surface area contributed by atoms with Crippen LogP contribution < -0.4 is 22.2 Å². The fraction of sp³-hybridized carbons (Fsp3) is 0.533. The monoisotopic (exact) mass is 340 g/mol. The van der Waals surface area contributed by atoms with Crippen LogP contribution >= 0.6 is 11.6 Å². The number of benzene rings is 1. The van der Waals surface area contributed by atoms with Gasteiger partial charge in [0, 0.05) is 74.7 Å². The molecule has 1 aromatic carbocycles. The van der Waals surface area contributed by atoms with Crippen molar-refractivity contribution in [2.45, 2.75) is 13.5 Å². The molecule has 0 atom stereocenters. The molecule has 0 aliphatic carbocycles. The van der Waals surface area contributed by atoms with Gasteiger partial charge in [0.15, 0.2) is 0 Å². The van der Waals surface area contributed by atoms with Crippen LogP contribution in [0.4, 0.5) is 11.4 Å². The third-order valence-corrected chi connectivity index (χ3v) is 4.42. The molecule has 128 valence electrons. The van der Waals surface area contributed by atoms with E-state index in [0.717, 1.165) is 44.0 Å². The molecule has 0 bridgehead atoms. The SMILES string of the molecule is CC(=O)N(N)CCN1CCN(c2cc(Cl)cc(N)c2CN)CC1. The maximum atomic E-state index is 11.1. The molecule has 7 nitrogen and oxygen atoms in total. The predicted molar refractivity (Wildman–Crippen MR) is 94.0 cm³/mol. The maximum absolute atomic E-state index is 11.1. The first kappa shape index (κ1) is 17.8. The van der Waals surface area contributed by atoms with E-state index < -0.39 is 0 Å².